The van der Waals surface area contributed by atoms with E-state index in [-0.39, 0.29) is 11.5 Å². The monoisotopic (exact) mass is 323 g/mol. The molecule has 1 aromatic carbocycles. The highest BCUT2D eigenvalue weighted by Gasteiger charge is 2.16. The van der Waals surface area contributed by atoms with Crippen LogP contribution in [-0.2, 0) is 6.54 Å². The Balaban J connectivity index is 1.78. The van der Waals surface area contributed by atoms with Crippen LogP contribution in [-0.4, -0.2) is 26.4 Å². The number of carbonyl (C=O) groups is 2. The van der Waals surface area contributed by atoms with Crippen molar-refractivity contribution >= 4 is 17.5 Å². The van der Waals surface area contributed by atoms with Gasteiger partial charge in [0.15, 0.2) is 0 Å². The highest BCUT2D eigenvalue weighted by molar-refractivity contribution is 5.94. The molecule has 6 nitrogen and oxygen atoms in total. The number of rotatable bonds is 4. The Hall–Kier alpha value is -3.15. The molecule has 3 aromatic rings. The molecule has 0 aliphatic heterocycles. The summed E-state index contributed by atoms with van der Waals surface area (Å²) in [7, 11) is 0. The van der Waals surface area contributed by atoms with Crippen molar-refractivity contribution < 1.29 is 14.7 Å². The van der Waals surface area contributed by atoms with Gasteiger partial charge in [0, 0.05) is 12.7 Å². The van der Waals surface area contributed by atoms with Crippen molar-refractivity contribution in [2.24, 2.45) is 0 Å². The molecule has 0 atom stereocenters. The van der Waals surface area contributed by atoms with Crippen LogP contribution in [0.1, 0.15) is 37.7 Å². The summed E-state index contributed by atoms with van der Waals surface area (Å²) < 4.78 is 1.77. The number of fused-ring (bicyclic) bond motifs is 1. The molecular formula is C18H17N3O3. The fourth-order valence-corrected chi connectivity index (χ4v) is 2.57. The Labute approximate surface area is 138 Å². The van der Waals surface area contributed by atoms with Crippen molar-refractivity contribution in [2.75, 3.05) is 0 Å². The van der Waals surface area contributed by atoms with Crippen LogP contribution in [0.4, 0.5) is 0 Å². The van der Waals surface area contributed by atoms with Gasteiger partial charge in [-0.15, -0.1) is 0 Å². The summed E-state index contributed by atoms with van der Waals surface area (Å²) >= 11 is 0. The van der Waals surface area contributed by atoms with Gasteiger partial charge in [-0.2, -0.15) is 0 Å². The molecule has 2 heterocycles. The SMILES string of the molecule is Cc1ccn2c(C(=O)NCc3ccc(C(=O)O)cc3)c(C)nc2c1. The highest BCUT2D eigenvalue weighted by atomic mass is 16.4. The lowest BCUT2D eigenvalue weighted by atomic mass is 10.1. The van der Waals surface area contributed by atoms with Gasteiger partial charge in [-0.25, -0.2) is 9.78 Å². The predicted octanol–water partition coefficient (Wildman–Crippen LogP) is 2.58. The number of aromatic nitrogens is 2. The predicted molar refractivity (Wildman–Crippen MR) is 89.2 cm³/mol. The van der Waals surface area contributed by atoms with E-state index in [1.165, 1.54) is 12.1 Å². The van der Waals surface area contributed by atoms with Crippen LogP contribution in [0.15, 0.2) is 42.6 Å². The minimum absolute atomic E-state index is 0.217. The van der Waals surface area contributed by atoms with E-state index in [2.05, 4.69) is 10.3 Å². The molecular weight excluding hydrogens is 306 g/mol. The minimum atomic E-state index is -0.970. The highest BCUT2D eigenvalue weighted by Crippen LogP contribution is 2.14. The maximum Gasteiger partial charge on any atom is 0.335 e. The average Bonchev–Trinajstić information content (AvgIpc) is 2.87. The minimum Gasteiger partial charge on any atom is -0.478 e. The molecule has 24 heavy (non-hydrogen) atoms. The van der Waals surface area contributed by atoms with E-state index >= 15 is 0 Å². The largest absolute Gasteiger partial charge is 0.478 e. The van der Waals surface area contributed by atoms with Crippen LogP contribution < -0.4 is 5.32 Å². The van der Waals surface area contributed by atoms with Crippen molar-refractivity contribution in [1.82, 2.24) is 14.7 Å². The molecule has 2 N–H and O–H groups in total. The zero-order valence-electron chi connectivity index (χ0n) is 13.4. The summed E-state index contributed by atoms with van der Waals surface area (Å²) in [5.41, 5.74) is 4.04. The number of pyridine rings is 1. The second-order valence-electron chi connectivity index (χ2n) is 5.66. The van der Waals surface area contributed by atoms with Gasteiger partial charge >= 0.3 is 5.97 Å². The van der Waals surface area contributed by atoms with Gasteiger partial charge in [0.2, 0.25) is 0 Å². The fraction of sp³-hybridized carbons (Fsp3) is 0.167. The second-order valence-corrected chi connectivity index (χ2v) is 5.66. The molecule has 0 fully saturated rings. The molecule has 0 spiro atoms. The number of carbonyl (C=O) groups excluding carboxylic acids is 1. The number of nitrogens with zero attached hydrogens (tertiary/aromatic N) is 2. The zero-order chi connectivity index (χ0) is 17.3. The van der Waals surface area contributed by atoms with E-state index in [1.54, 1.807) is 23.5 Å². The zero-order valence-corrected chi connectivity index (χ0v) is 13.4. The Kier molecular flexibility index (Phi) is 4.04. The molecule has 0 aliphatic carbocycles. The Morgan fingerprint density at radius 1 is 1.17 bits per heavy atom. The van der Waals surface area contributed by atoms with E-state index in [0.29, 0.717) is 17.9 Å². The van der Waals surface area contributed by atoms with E-state index in [0.717, 1.165) is 16.8 Å². The van der Waals surface area contributed by atoms with E-state index in [4.69, 9.17) is 5.11 Å². The third-order valence-corrected chi connectivity index (χ3v) is 3.82. The topological polar surface area (TPSA) is 83.7 Å². The lowest BCUT2D eigenvalue weighted by molar-refractivity contribution is 0.0696. The Morgan fingerprint density at radius 3 is 2.54 bits per heavy atom. The van der Waals surface area contributed by atoms with Gasteiger partial charge in [-0.3, -0.25) is 9.20 Å². The number of amides is 1. The molecule has 122 valence electrons. The van der Waals surface area contributed by atoms with Crippen LogP contribution in [0.5, 0.6) is 0 Å². The van der Waals surface area contributed by atoms with Gasteiger partial charge in [0.05, 0.1) is 11.3 Å². The first-order valence-corrected chi connectivity index (χ1v) is 7.51. The molecule has 0 unspecified atom stereocenters. The van der Waals surface area contributed by atoms with Crippen molar-refractivity contribution in [3.05, 3.63) is 70.7 Å². The smallest absolute Gasteiger partial charge is 0.335 e. The third kappa shape index (κ3) is 2.99. The van der Waals surface area contributed by atoms with Gasteiger partial charge < -0.3 is 10.4 Å². The number of hydrogen-bond donors (Lipinski definition) is 2. The van der Waals surface area contributed by atoms with Gasteiger partial charge in [0.25, 0.3) is 5.91 Å². The molecule has 0 bridgehead atoms. The van der Waals surface area contributed by atoms with Gasteiger partial charge in [-0.05, 0) is 49.2 Å². The number of aryl methyl sites for hydroxylation is 2. The van der Waals surface area contributed by atoms with Crippen molar-refractivity contribution in [1.29, 1.82) is 0 Å². The Morgan fingerprint density at radius 2 is 1.88 bits per heavy atom. The molecule has 0 aliphatic rings. The van der Waals surface area contributed by atoms with Crippen molar-refractivity contribution in [3.63, 3.8) is 0 Å². The summed E-state index contributed by atoms with van der Waals surface area (Å²) in [4.78, 5) is 27.8. The first kappa shape index (κ1) is 15.7. The Bertz CT molecular complexity index is 927. The molecule has 0 saturated heterocycles. The van der Waals surface area contributed by atoms with Crippen LogP contribution in [0.25, 0.3) is 5.65 Å². The first-order valence-electron chi connectivity index (χ1n) is 7.51. The van der Waals surface area contributed by atoms with E-state index < -0.39 is 5.97 Å². The number of aromatic carboxylic acids is 1. The van der Waals surface area contributed by atoms with Crippen LogP contribution in [0, 0.1) is 13.8 Å². The molecule has 1 amide bonds. The summed E-state index contributed by atoms with van der Waals surface area (Å²) in [6.45, 7) is 4.10. The summed E-state index contributed by atoms with van der Waals surface area (Å²) in [6, 6.07) is 10.3. The number of hydrogen-bond acceptors (Lipinski definition) is 3. The van der Waals surface area contributed by atoms with E-state index in [1.807, 2.05) is 25.3 Å². The lowest BCUT2D eigenvalue weighted by Crippen LogP contribution is -2.25. The standard InChI is InChI=1S/C18H17N3O3/c1-11-7-8-21-15(9-11)20-12(2)16(21)17(22)19-10-13-3-5-14(6-4-13)18(23)24/h3-9H,10H2,1-2H3,(H,19,22)(H,23,24). The van der Waals surface area contributed by atoms with Crippen LogP contribution >= 0.6 is 0 Å². The average molecular weight is 323 g/mol. The fourth-order valence-electron chi connectivity index (χ4n) is 2.57. The number of benzene rings is 1. The molecule has 0 saturated carbocycles. The second kappa shape index (κ2) is 6.16. The normalized spacial score (nSPS) is 10.8. The third-order valence-electron chi connectivity index (χ3n) is 3.82. The molecule has 2 aromatic heterocycles. The van der Waals surface area contributed by atoms with Gasteiger partial charge in [-0.1, -0.05) is 12.1 Å². The van der Waals surface area contributed by atoms with Crippen LogP contribution in [0.3, 0.4) is 0 Å². The lowest BCUT2D eigenvalue weighted by Gasteiger charge is -2.07. The first-order chi connectivity index (χ1) is 11.5. The van der Waals surface area contributed by atoms with Crippen molar-refractivity contribution in [3.8, 4) is 0 Å². The molecule has 3 rings (SSSR count). The molecule has 6 heteroatoms. The molecule has 0 radical (unpaired) electrons. The number of carboxylic acids is 1. The number of nitrogens with one attached hydrogen (secondary N) is 1. The maximum absolute atomic E-state index is 12.5. The number of carboxylic acid groups (broad SMARTS) is 1. The maximum atomic E-state index is 12.5. The quantitative estimate of drug-likeness (QED) is 0.773. The van der Waals surface area contributed by atoms with Gasteiger partial charge in [0.1, 0.15) is 11.3 Å². The summed E-state index contributed by atoms with van der Waals surface area (Å²) in [5.74, 6) is -1.19. The summed E-state index contributed by atoms with van der Waals surface area (Å²) in [6.07, 6.45) is 1.83. The van der Waals surface area contributed by atoms with E-state index in [9.17, 15) is 9.59 Å². The van der Waals surface area contributed by atoms with Crippen molar-refractivity contribution in [2.45, 2.75) is 20.4 Å². The van der Waals surface area contributed by atoms with Crippen LogP contribution in [0.2, 0.25) is 0 Å². The number of imidazole rings is 1. The summed E-state index contributed by atoms with van der Waals surface area (Å²) in [5, 5.41) is 11.7.